The van der Waals surface area contributed by atoms with Crippen LogP contribution in [0, 0.1) is 11.3 Å². The van der Waals surface area contributed by atoms with E-state index in [-0.39, 0.29) is 11.3 Å². The van der Waals surface area contributed by atoms with Crippen molar-refractivity contribution in [2.45, 2.75) is 52.0 Å². The third-order valence-electron chi connectivity index (χ3n) is 4.18. The molecule has 0 bridgehead atoms. The van der Waals surface area contributed by atoms with Gasteiger partial charge in [-0.15, -0.1) is 0 Å². The maximum atomic E-state index is 11.9. The highest BCUT2D eigenvalue weighted by atomic mass is 16.1. The average Bonchev–Trinajstić information content (AvgIpc) is 2.15. The Morgan fingerprint density at radius 2 is 2.12 bits per heavy atom. The third-order valence-corrected chi connectivity index (χ3v) is 4.18. The number of hydrogen-bond acceptors (Lipinski definition) is 2. The normalized spacial score (nSPS) is 29.5. The van der Waals surface area contributed by atoms with Crippen molar-refractivity contribution in [3.63, 3.8) is 0 Å². The second-order valence-corrected chi connectivity index (χ2v) is 6.08. The summed E-state index contributed by atoms with van der Waals surface area (Å²) in [7, 11) is 0. The number of carbonyl (C=O) groups excluding carboxylic acids is 1. The van der Waals surface area contributed by atoms with E-state index in [1.807, 2.05) is 0 Å². The van der Waals surface area contributed by atoms with Crippen LogP contribution in [0.15, 0.2) is 0 Å². The summed E-state index contributed by atoms with van der Waals surface area (Å²) in [6.07, 6.45) is 5.68. The van der Waals surface area contributed by atoms with Gasteiger partial charge in [0.1, 0.15) is 0 Å². The van der Waals surface area contributed by atoms with Crippen LogP contribution in [0.3, 0.4) is 0 Å². The first-order chi connectivity index (χ1) is 7.58. The molecule has 0 aromatic rings. The fraction of sp³-hybridized carbons (Fsp3) is 0.923. The van der Waals surface area contributed by atoms with E-state index in [0.29, 0.717) is 18.4 Å². The summed E-state index contributed by atoms with van der Waals surface area (Å²) in [4.78, 5) is 11.9. The van der Waals surface area contributed by atoms with E-state index in [1.165, 1.54) is 19.3 Å². The standard InChI is InChI=1S/C13H24N2O/c1-13(2)6-4-3-5-11(13)15-12(16)7-10-8-14-9-10/h10-11,14H,3-9H2,1-2H3,(H,15,16). The van der Waals surface area contributed by atoms with E-state index in [0.717, 1.165) is 19.5 Å². The SMILES string of the molecule is CC1(C)CCCCC1NC(=O)CC1CNC1. The van der Waals surface area contributed by atoms with Crippen LogP contribution in [0.25, 0.3) is 0 Å². The first-order valence-electron chi connectivity index (χ1n) is 6.58. The van der Waals surface area contributed by atoms with Gasteiger partial charge in [0.25, 0.3) is 0 Å². The molecule has 2 aliphatic rings. The van der Waals surface area contributed by atoms with Crippen molar-refractivity contribution in [1.82, 2.24) is 10.6 Å². The Hall–Kier alpha value is -0.570. The molecule has 1 saturated carbocycles. The van der Waals surface area contributed by atoms with E-state index >= 15 is 0 Å². The molecule has 2 fully saturated rings. The molecule has 0 aromatic carbocycles. The molecule has 3 heteroatoms. The van der Waals surface area contributed by atoms with Crippen molar-refractivity contribution in [2.24, 2.45) is 11.3 Å². The molecule has 2 rings (SSSR count). The molecule has 1 heterocycles. The summed E-state index contributed by atoms with van der Waals surface area (Å²) in [5.74, 6) is 0.832. The van der Waals surface area contributed by atoms with Crippen LogP contribution in [0.4, 0.5) is 0 Å². The molecule has 1 unspecified atom stereocenters. The molecule has 16 heavy (non-hydrogen) atoms. The zero-order valence-corrected chi connectivity index (χ0v) is 10.5. The van der Waals surface area contributed by atoms with Crippen molar-refractivity contribution >= 4 is 5.91 Å². The molecule has 1 saturated heterocycles. The minimum atomic E-state index is 0.256. The van der Waals surface area contributed by atoms with Crippen LogP contribution in [0.5, 0.6) is 0 Å². The zero-order chi connectivity index (χ0) is 11.6. The molecular weight excluding hydrogens is 200 g/mol. The highest BCUT2D eigenvalue weighted by Crippen LogP contribution is 2.35. The second kappa shape index (κ2) is 4.74. The monoisotopic (exact) mass is 224 g/mol. The Labute approximate surface area is 98.4 Å². The van der Waals surface area contributed by atoms with Gasteiger partial charge >= 0.3 is 0 Å². The molecule has 2 N–H and O–H groups in total. The maximum Gasteiger partial charge on any atom is 0.220 e. The van der Waals surface area contributed by atoms with E-state index in [1.54, 1.807) is 0 Å². The fourth-order valence-corrected chi connectivity index (χ4v) is 2.77. The van der Waals surface area contributed by atoms with Crippen molar-refractivity contribution < 1.29 is 4.79 Å². The van der Waals surface area contributed by atoms with Crippen LogP contribution in [0.2, 0.25) is 0 Å². The van der Waals surface area contributed by atoms with Crippen molar-refractivity contribution in [3.8, 4) is 0 Å². The van der Waals surface area contributed by atoms with Gasteiger partial charge in [0.15, 0.2) is 0 Å². The lowest BCUT2D eigenvalue weighted by atomic mass is 9.73. The van der Waals surface area contributed by atoms with Crippen molar-refractivity contribution in [3.05, 3.63) is 0 Å². The average molecular weight is 224 g/mol. The second-order valence-electron chi connectivity index (χ2n) is 6.08. The third kappa shape index (κ3) is 2.76. The minimum absolute atomic E-state index is 0.256. The topological polar surface area (TPSA) is 41.1 Å². The van der Waals surface area contributed by atoms with E-state index in [2.05, 4.69) is 24.5 Å². The molecule has 1 amide bonds. The number of rotatable bonds is 3. The summed E-state index contributed by atoms with van der Waals surface area (Å²) < 4.78 is 0. The largest absolute Gasteiger partial charge is 0.353 e. The summed E-state index contributed by atoms with van der Waals surface area (Å²) in [6, 6.07) is 0.391. The van der Waals surface area contributed by atoms with E-state index in [4.69, 9.17) is 0 Å². The lowest BCUT2D eigenvalue weighted by Crippen LogP contribution is -2.49. The molecule has 3 nitrogen and oxygen atoms in total. The van der Waals surface area contributed by atoms with E-state index < -0.39 is 0 Å². The number of amides is 1. The van der Waals surface area contributed by atoms with Gasteiger partial charge in [-0.25, -0.2) is 0 Å². The zero-order valence-electron chi connectivity index (χ0n) is 10.5. The highest BCUT2D eigenvalue weighted by molar-refractivity contribution is 5.76. The molecule has 92 valence electrons. The highest BCUT2D eigenvalue weighted by Gasteiger charge is 2.33. The van der Waals surface area contributed by atoms with Crippen molar-refractivity contribution in [1.29, 1.82) is 0 Å². The molecular formula is C13H24N2O. The summed E-state index contributed by atoms with van der Waals surface area (Å²) >= 11 is 0. The van der Waals surface area contributed by atoms with Gasteiger partial charge in [0.2, 0.25) is 5.91 Å². The molecule has 1 atom stereocenters. The maximum absolute atomic E-state index is 11.9. The molecule has 0 aromatic heterocycles. The summed E-state index contributed by atoms with van der Waals surface area (Å²) in [5.41, 5.74) is 0.284. The van der Waals surface area contributed by atoms with Gasteiger partial charge in [-0.05, 0) is 37.3 Å². The molecule has 1 aliphatic carbocycles. The molecule has 0 radical (unpaired) electrons. The lowest BCUT2D eigenvalue weighted by molar-refractivity contribution is -0.124. The van der Waals surface area contributed by atoms with E-state index in [9.17, 15) is 4.79 Å². The number of carbonyl (C=O) groups is 1. The van der Waals surface area contributed by atoms with Crippen LogP contribution < -0.4 is 10.6 Å². The van der Waals surface area contributed by atoms with Gasteiger partial charge in [0, 0.05) is 12.5 Å². The van der Waals surface area contributed by atoms with Crippen LogP contribution in [-0.4, -0.2) is 25.0 Å². The van der Waals surface area contributed by atoms with Crippen LogP contribution >= 0.6 is 0 Å². The summed E-state index contributed by atoms with van der Waals surface area (Å²) in [6.45, 7) is 6.59. The lowest BCUT2D eigenvalue weighted by Gasteiger charge is -2.39. The predicted molar refractivity (Wildman–Crippen MR) is 65.2 cm³/mol. The Morgan fingerprint density at radius 1 is 1.38 bits per heavy atom. The fourth-order valence-electron chi connectivity index (χ4n) is 2.77. The van der Waals surface area contributed by atoms with Gasteiger partial charge in [-0.2, -0.15) is 0 Å². The summed E-state index contributed by atoms with van der Waals surface area (Å²) in [5, 5.41) is 6.45. The first kappa shape index (κ1) is 11.9. The predicted octanol–water partition coefficient (Wildman–Crippen LogP) is 1.68. The Balaban J connectivity index is 1.80. The number of nitrogens with one attached hydrogen (secondary N) is 2. The smallest absolute Gasteiger partial charge is 0.220 e. The van der Waals surface area contributed by atoms with Crippen LogP contribution in [-0.2, 0) is 4.79 Å². The Kier molecular flexibility index (Phi) is 3.53. The molecule has 0 spiro atoms. The Morgan fingerprint density at radius 3 is 2.69 bits per heavy atom. The van der Waals surface area contributed by atoms with Crippen molar-refractivity contribution in [2.75, 3.05) is 13.1 Å². The van der Waals surface area contributed by atoms with Gasteiger partial charge < -0.3 is 10.6 Å². The van der Waals surface area contributed by atoms with Gasteiger partial charge in [-0.1, -0.05) is 26.7 Å². The molecule has 1 aliphatic heterocycles. The quantitative estimate of drug-likeness (QED) is 0.766. The minimum Gasteiger partial charge on any atom is -0.353 e. The first-order valence-corrected chi connectivity index (χ1v) is 6.58. The van der Waals surface area contributed by atoms with Crippen LogP contribution in [0.1, 0.15) is 46.0 Å². The number of hydrogen-bond donors (Lipinski definition) is 2. The van der Waals surface area contributed by atoms with Gasteiger partial charge in [0.05, 0.1) is 0 Å². The Bertz CT molecular complexity index is 259. The van der Waals surface area contributed by atoms with Gasteiger partial charge in [-0.3, -0.25) is 4.79 Å².